The fourth-order valence-corrected chi connectivity index (χ4v) is 4.69. The minimum Gasteiger partial charge on any atom is -0.480 e. The molecular formula is C11H20N2O4S. The van der Waals surface area contributed by atoms with E-state index in [2.05, 4.69) is 4.72 Å². The van der Waals surface area contributed by atoms with E-state index in [9.17, 15) is 13.2 Å². The van der Waals surface area contributed by atoms with E-state index in [0.717, 1.165) is 19.3 Å². The number of nitrogens with one attached hydrogen (secondary N) is 1. The van der Waals surface area contributed by atoms with E-state index in [-0.39, 0.29) is 12.0 Å². The second kappa shape index (κ2) is 4.79. The number of carboxylic acid groups (broad SMARTS) is 1. The van der Waals surface area contributed by atoms with Crippen LogP contribution >= 0.6 is 0 Å². The summed E-state index contributed by atoms with van der Waals surface area (Å²) in [5.74, 6) is -0.955. The van der Waals surface area contributed by atoms with Crippen molar-refractivity contribution in [2.24, 2.45) is 11.8 Å². The molecule has 0 aromatic heterocycles. The van der Waals surface area contributed by atoms with Crippen molar-refractivity contribution >= 4 is 16.2 Å². The largest absolute Gasteiger partial charge is 0.480 e. The molecule has 18 heavy (non-hydrogen) atoms. The molecule has 1 saturated carbocycles. The second-order valence-electron chi connectivity index (χ2n) is 5.59. The topological polar surface area (TPSA) is 86.7 Å². The Morgan fingerprint density at radius 1 is 1.39 bits per heavy atom. The lowest BCUT2D eigenvalue weighted by Crippen LogP contribution is -2.52. The monoisotopic (exact) mass is 276 g/mol. The van der Waals surface area contributed by atoms with E-state index < -0.39 is 22.2 Å². The third kappa shape index (κ3) is 2.53. The number of carbonyl (C=O) groups is 1. The molecule has 104 valence electrons. The molecule has 1 saturated heterocycles. The zero-order valence-corrected chi connectivity index (χ0v) is 11.5. The number of carboxylic acids is 1. The van der Waals surface area contributed by atoms with Gasteiger partial charge >= 0.3 is 5.97 Å². The number of piperidine rings is 1. The summed E-state index contributed by atoms with van der Waals surface area (Å²) >= 11 is 0. The molecular weight excluding hydrogens is 256 g/mol. The molecule has 6 nitrogen and oxygen atoms in total. The predicted octanol–water partition coefficient (Wildman–Crippen LogP) is 0.414. The summed E-state index contributed by atoms with van der Waals surface area (Å²) in [7, 11) is -3.68. The van der Waals surface area contributed by atoms with Gasteiger partial charge in [0.15, 0.2) is 0 Å². The maximum absolute atomic E-state index is 12.2. The Morgan fingerprint density at radius 3 is 2.44 bits per heavy atom. The van der Waals surface area contributed by atoms with Crippen molar-refractivity contribution in [2.45, 2.75) is 45.2 Å². The van der Waals surface area contributed by atoms with Gasteiger partial charge in [-0.25, -0.2) is 0 Å². The molecule has 0 radical (unpaired) electrons. The summed E-state index contributed by atoms with van der Waals surface area (Å²) < 4.78 is 28.1. The first kappa shape index (κ1) is 13.8. The van der Waals surface area contributed by atoms with E-state index >= 15 is 0 Å². The molecule has 1 heterocycles. The molecule has 2 N–H and O–H groups in total. The van der Waals surface area contributed by atoms with Crippen LogP contribution in [0, 0.1) is 11.8 Å². The fourth-order valence-electron chi connectivity index (χ4n) is 2.87. The van der Waals surface area contributed by atoms with Crippen molar-refractivity contribution in [3.63, 3.8) is 0 Å². The van der Waals surface area contributed by atoms with Gasteiger partial charge in [0.1, 0.15) is 6.04 Å². The summed E-state index contributed by atoms with van der Waals surface area (Å²) in [5.41, 5.74) is 0. The Bertz CT molecular complexity index is 434. The van der Waals surface area contributed by atoms with Crippen LogP contribution in [0.4, 0.5) is 0 Å². The lowest BCUT2D eigenvalue weighted by atomic mass is 10.1. The Balaban J connectivity index is 2.09. The third-order valence-electron chi connectivity index (χ3n) is 3.88. The fraction of sp³-hybridized carbons (Fsp3) is 0.909. The van der Waals surface area contributed by atoms with Gasteiger partial charge in [-0.1, -0.05) is 13.8 Å². The molecule has 2 bridgehead atoms. The molecule has 0 spiro atoms. The van der Waals surface area contributed by atoms with Crippen molar-refractivity contribution in [3.05, 3.63) is 0 Å². The van der Waals surface area contributed by atoms with E-state index in [1.807, 2.05) is 0 Å². The van der Waals surface area contributed by atoms with Crippen LogP contribution in [0.2, 0.25) is 0 Å². The predicted molar refractivity (Wildman–Crippen MR) is 66.2 cm³/mol. The highest BCUT2D eigenvalue weighted by atomic mass is 32.2. The van der Waals surface area contributed by atoms with Crippen LogP contribution in [0.15, 0.2) is 0 Å². The van der Waals surface area contributed by atoms with Crippen molar-refractivity contribution in [3.8, 4) is 0 Å². The van der Waals surface area contributed by atoms with E-state index in [1.165, 1.54) is 4.31 Å². The Labute approximate surface area is 108 Å². The van der Waals surface area contributed by atoms with Crippen LogP contribution < -0.4 is 4.72 Å². The molecule has 1 aliphatic carbocycles. The minimum absolute atomic E-state index is 0.0640. The summed E-state index contributed by atoms with van der Waals surface area (Å²) in [4.78, 5) is 11.0. The first-order valence-corrected chi connectivity index (χ1v) is 7.77. The van der Waals surface area contributed by atoms with Gasteiger partial charge in [0.2, 0.25) is 0 Å². The molecule has 2 unspecified atom stereocenters. The lowest BCUT2D eigenvalue weighted by Gasteiger charge is -2.28. The molecule has 7 heteroatoms. The van der Waals surface area contributed by atoms with Crippen LogP contribution in [0.1, 0.15) is 33.1 Å². The minimum atomic E-state index is -3.68. The summed E-state index contributed by atoms with van der Waals surface area (Å²) in [6.07, 6.45) is 2.90. The highest BCUT2D eigenvalue weighted by Gasteiger charge is 2.44. The third-order valence-corrected chi connectivity index (χ3v) is 5.49. The van der Waals surface area contributed by atoms with Crippen LogP contribution in [0.3, 0.4) is 0 Å². The average Bonchev–Trinajstić information content (AvgIpc) is 2.86. The van der Waals surface area contributed by atoms with Crippen molar-refractivity contribution in [1.82, 2.24) is 9.03 Å². The highest BCUT2D eigenvalue weighted by molar-refractivity contribution is 7.87. The molecule has 3 atom stereocenters. The zero-order valence-electron chi connectivity index (χ0n) is 10.7. The maximum atomic E-state index is 12.2. The van der Waals surface area contributed by atoms with Crippen molar-refractivity contribution < 1.29 is 18.3 Å². The molecule has 0 amide bonds. The second-order valence-corrected chi connectivity index (χ2v) is 7.24. The van der Waals surface area contributed by atoms with Gasteiger partial charge in [0.25, 0.3) is 10.2 Å². The summed E-state index contributed by atoms with van der Waals surface area (Å²) in [6, 6.07) is -0.997. The maximum Gasteiger partial charge on any atom is 0.322 e. The number of fused-ring (bicyclic) bond motifs is 2. The number of nitrogens with zero attached hydrogens (tertiary/aromatic N) is 1. The summed E-state index contributed by atoms with van der Waals surface area (Å²) in [5, 5.41) is 9.04. The molecule has 0 aromatic rings. The van der Waals surface area contributed by atoms with E-state index in [1.54, 1.807) is 13.8 Å². The first-order chi connectivity index (χ1) is 8.31. The van der Waals surface area contributed by atoms with Gasteiger partial charge in [-0.2, -0.15) is 17.4 Å². The van der Waals surface area contributed by atoms with Crippen LogP contribution in [0.25, 0.3) is 0 Å². The molecule has 1 aliphatic heterocycles. The normalized spacial score (nSPS) is 29.9. The van der Waals surface area contributed by atoms with Gasteiger partial charge in [-0.05, 0) is 31.1 Å². The lowest BCUT2D eigenvalue weighted by molar-refractivity contribution is -0.140. The molecule has 2 rings (SSSR count). The molecule has 2 aliphatic rings. The highest BCUT2D eigenvalue weighted by Crippen LogP contribution is 2.38. The van der Waals surface area contributed by atoms with Crippen molar-refractivity contribution in [2.75, 3.05) is 6.54 Å². The first-order valence-electron chi connectivity index (χ1n) is 6.33. The van der Waals surface area contributed by atoms with Crippen molar-refractivity contribution in [1.29, 1.82) is 0 Å². The van der Waals surface area contributed by atoms with Crippen LogP contribution in [-0.4, -0.2) is 42.4 Å². The summed E-state index contributed by atoms with van der Waals surface area (Å²) in [6.45, 7) is 3.92. The molecule has 2 fully saturated rings. The average molecular weight is 276 g/mol. The Hall–Kier alpha value is -0.660. The van der Waals surface area contributed by atoms with Gasteiger partial charge in [-0.3, -0.25) is 4.79 Å². The number of rotatable bonds is 5. The van der Waals surface area contributed by atoms with Gasteiger partial charge in [-0.15, -0.1) is 0 Å². The standard InChI is InChI=1S/C11H20N2O4S/c1-7(2)10(11(14)15)12-18(16,17)13-6-8-3-4-9(13)5-8/h7-10,12H,3-6H2,1-2H3,(H,14,15)/t8?,9?,10-/m0/s1. The van der Waals surface area contributed by atoms with Gasteiger partial charge < -0.3 is 5.11 Å². The Kier molecular flexibility index (Phi) is 3.66. The quantitative estimate of drug-likeness (QED) is 0.761. The number of hydrogen-bond donors (Lipinski definition) is 2. The van der Waals surface area contributed by atoms with E-state index in [4.69, 9.17) is 5.11 Å². The number of hydrogen-bond acceptors (Lipinski definition) is 3. The Morgan fingerprint density at radius 2 is 2.06 bits per heavy atom. The smallest absolute Gasteiger partial charge is 0.322 e. The number of aliphatic carboxylic acids is 1. The molecule has 0 aromatic carbocycles. The van der Waals surface area contributed by atoms with Crippen LogP contribution in [0.5, 0.6) is 0 Å². The van der Waals surface area contributed by atoms with Gasteiger partial charge in [0.05, 0.1) is 0 Å². The SMILES string of the molecule is CC(C)[C@H](NS(=O)(=O)N1CC2CCC1C2)C(=O)O. The van der Waals surface area contributed by atoms with Gasteiger partial charge in [0, 0.05) is 12.6 Å². The van der Waals surface area contributed by atoms with E-state index in [0.29, 0.717) is 12.5 Å². The van der Waals surface area contributed by atoms with Crippen LogP contribution in [-0.2, 0) is 15.0 Å². The zero-order chi connectivity index (χ0) is 13.5.